The third-order valence-electron chi connectivity index (χ3n) is 8.52. The van der Waals surface area contributed by atoms with Gasteiger partial charge in [0.15, 0.2) is 5.96 Å². The van der Waals surface area contributed by atoms with E-state index in [9.17, 15) is 9.65 Å². The van der Waals surface area contributed by atoms with Crippen molar-refractivity contribution in [1.82, 2.24) is 10.2 Å². The Morgan fingerprint density at radius 3 is 2.85 bits per heavy atom. The minimum atomic E-state index is -0.864. The molecule has 4 heterocycles. The zero-order valence-corrected chi connectivity index (χ0v) is 24.3. The number of hydrogen-bond acceptors (Lipinski definition) is 7. The second kappa shape index (κ2) is 11.7. The van der Waals surface area contributed by atoms with Gasteiger partial charge >= 0.3 is 0 Å². The first-order chi connectivity index (χ1) is 19.3. The van der Waals surface area contributed by atoms with Crippen LogP contribution in [0.2, 0.25) is 0 Å². The van der Waals surface area contributed by atoms with E-state index in [1.165, 1.54) is 31.8 Å². The highest BCUT2D eigenvalue weighted by molar-refractivity contribution is 7.17. The van der Waals surface area contributed by atoms with Gasteiger partial charge in [0.25, 0.3) is 0 Å². The van der Waals surface area contributed by atoms with Crippen LogP contribution in [0.3, 0.4) is 0 Å². The highest BCUT2D eigenvalue weighted by atomic mass is 32.1. The van der Waals surface area contributed by atoms with E-state index in [0.717, 1.165) is 41.9 Å². The van der Waals surface area contributed by atoms with E-state index in [2.05, 4.69) is 36.7 Å². The average molecular weight is 566 g/mol. The van der Waals surface area contributed by atoms with E-state index in [0.29, 0.717) is 30.1 Å². The van der Waals surface area contributed by atoms with Crippen LogP contribution in [-0.2, 0) is 4.74 Å². The quantitative estimate of drug-likeness (QED) is 0.332. The molecule has 1 aromatic rings. The lowest BCUT2D eigenvalue weighted by atomic mass is 9.80. The predicted molar refractivity (Wildman–Crippen MR) is 159 cm³/mol. The van der Waals surface area contributed by atoms with Crippen LogP contribution in [0.25, 0.3) is 11.4 Å². The first-order valence-electron chi connectivity index (χ1n) is 14.2. The number of nitrogens with two attached hydrogens (primary N) is 1. The molecule has 4 aliphatic rings. The van der Waals surface area contributed by atoms with Crippen molar-refractivity contribution in [3.05, 3.63) is 63.0 Å². The first kappa shape index (κ1) is 28.3. The summed E-state index contributed by atoms with van der Waals surface area (Å²) in [6.45, 7) is 11.6. The monoisotopic (exact) mass is 565 g/mol. The molecule has 0 bridgehead atoms. The van der Waals surface area contributed by atoms with Crippen molar-refractivity contribution < 1.29 is 13.5 Å². The maximum Gasteiger partial charge on any atom is 0.199 e. The molecule has 1 saturated heterocycles. The van der Waals surface area contributed by atoms with Gasteiger partial charge in [-0.1, -0.05) is 52.2 Å². The number of thiophene rings is 1. The fourth-order valence-electron chi connectivity index (χ4n) is 6.33. The Morgan fingerprint density at radius 1 is 1.35 bits per heavy atom. The van der Waals surface area contributed by atoms with Crippen molar-refractivity contribution in [2.24, 2.45) is 10.9 Å². The highest BCUT2D eigenvalue weighted by Crippen LogP contribution is 2.49. The summed E-state index contributed by atoms with van der Waals surface area (Å²) in [5.41, 5.74) is 9.16. The Kier molecular flexibility index (Phi) is 8.29. The van der Waals surface area contributed by atoms with Crippen LogP contribution in [0.1, 0.15) is 75.3 Å². The van der Waals surface area contributed by atoms with E-state index in [1.54, 1.807) is 6.92 Å². The molecule has 3 unspecified atom stereocenters. The van der Waals surface area contributed by atoms with E-state index in [-0.39, 0.29) is 38.8 Å². The van der Waals surface area contributed by atoms with Crippen molar-refractivity contribution >= 4 is 33.7 Å². The van der Waals surface area contributed by atoms with E-state index >= 15 is 4.39 Å². The van der Waals surface area contributed by atoms with Crippen LogP contribution in [-0.4, -0.2) is 42.7 Å². The minimum absolute atomic E-state index is 0.108. The third kappa shape index (κ3) is 4.82. The molecule has 9 heteroatoms. The van der Waals surface area contributed by atoms with Gasteiger partial charge in [-0.3, -0.25) is 0 Å². The van der Waals surface area contributed by atoms with E-state index < -0.39 is 17.7 Å². The third-order valence-corrected chi connectivity index (χ3v) is 9.55. The molecule has 1 aliphatic carbocycles. The standard InChI is InChI=1S/C31H37F2N5OS/c1-5-7-8-9-10-24-17(3)11-12-38(24)31-36-14-20-21-15-39-16-22(21)25(27(33)28(20)37-31)18(4)26-19(13-34)30(35)40-29(26)23(32)6-2/h6,14,17,24,28H,4-5,7-12,15-16,35H2,1-3H3,(H,36,37)/b23-6+. The van der Waals surface area contributed by atoms with Crippen molar-refractivity contribution in [3.8, 4) is 6.07 Å². The van der Waals surface area contributed by atoms with Crippen LogP contribution < -0.4 is 11.1 Å². The van der Waals surface area contributed by atoms with Gasteiger partial charge in [0, 0.05) is 35.5 Å². The van der Waals surface area contributed by atoms with Crippen molar-refractivity contribution in [3.63, 3.8) is 0 Å². The van der Waals surface area contributed by atoms with Crippen LogP contribution in [0, 0.1) is 17.2 Å². The second-order valence-electron chi connectivity index (χ2n) is 10.9. The lowest BCUT2D eigenvalue weighted by Crippen LogP contribution is -2.46. The number of nitrogens with zero attached hydrogens (tertiary/aromatic N) is 3. The molecule has 5 rings (SSSR count). The lowest BCUT2D eigenvalue weighted by molar-refractivity contribution is 0.206. The topological polar surface area (TPSA) is 86.7 Å². The molecule has 3 aliphatic heterocycles. The Morgan fingerprint density at radius 2 is 2.12 bits per heavy atom. The predicted octanol–water partition coefficient (Wildman–Crippen LogP) is 7.00. The van der Waals surface area contributed by atoms with Gasteiger partial charge in [-0.25, -0.2) is 13.8 Å². The number of aliphatic imine (C=N–C) groups is 1. The average Bonchev–Trinajstić information content (AvgIpc) is 3.67. The molecule has 0 saturated carbocycles. The maximum atomic E-state index is 16.7. The number of hydrogen-bond donors (Lipinski definition) is 2. The van der Waals surface area contributed by atoms with Crippen molar-refractivity contribution in [1.29, 1.82) is 5.26 Å². The fourth-order valence-corrected chi connectivity index (χ4v) is 7.35. The molecule has 40 heavy (non-hydrogen) atoms. The molecule has 6 nitrogen and oxygen atoms in total. The number of ether oxygens (including phenoxy) is 1. The number of anilines is 1. The second-order valence-corrected chi connectivity index (χ2v) is 12.0. The molecule has 0 amide bonds. The molecule has 212 valence electrons. The zero-order valence-electron chi connectivity index (χ0n) is 23.4. The molecule has 3 atom stereocenters. The van der Waals surface area contributed by atoms with Crippen LogP contribution in [0.5, 0.6) is 0 Å². The van der Waals surface area contributed by atoms with Crippen molar-refractivity contribution in [2.75, 3.05) is 25.5 Å². The molecule has 0 spiro atoms. The smallest absolute Gasteiger partial charge is 0.199 e. The summed E-state index contributed by atoms with van der Waals surface area (Å²) in [6.07, 6.45) is 10.1. The number of unbranched alkanes of at least 4 members (excludes halogenated alkanes) is 3. The number of nitrogen functional groups attached to an aromatic ring is 1. The summed E-state index contributed by atoms with van der Waals surface area (Å²) < 4.78 is 37.3. The number of rotatable bonds is 8. The molecular weight excluding hydrogens is 528 g/mol. The number of halogens is 2. The number of fused-ring (bicyclic) bond motifs is 2. The molecule has 0 aromatic carbocycles. The summed E-state index contributed by atoms with van der Waals surface area (Å²) in [7, 11) is 0. The molecular formula is C31H37F2N5OS. The summed E-state index contributed by atoms with van der Waals surface area (Å²) in [6, 6.07) is 1.56. The maximum absolute atomic E-state index is 16.7. The normalized spacial score (nSPS) is 24.4. The van der Waals surface area contributed by atoms with Gasteiger partial charge in [-0.2, -0.15) is 5.26 Å². The van der Waals surface area contributed by atoms with Crippen molar-refractivity contribution in [2.45, 2.75) is 71.4 Å². The molecule has 1 fully saturated rings. The van der Waals surface area contributed by atoms with Gasteiger partial charge in [0.1, 0.15) is 28.8 Å². The Hall–Kier alpha value is -3.22. The summed E-state index contributed by atoms with van der Waals surface area (Å²) in [5.74, 6) is 0.218. The van der Waals surface area contributed by atoms with Crippen LogP contribution in [0.15, 0.2) is 52.0 Å². The number of nitrogens with one attached hydrogen (secondary N) is 1. The van der Waals surface area contributed by atoms with Gasteiger partial charge < -0.3 is 20.7 Å². The summed E-state index contributed by atoms with van der Waals surface area (Å²) >= 11 is 0.970. The molecule has 3 N–H and O–H groups in total. The lowest BCUT2D eigenvalue weighted by Gasteiger charge is -2.35. The number of guanidine groups is 1. The Labute approximate surface area is 239 Å². The number of likely N-dealkylation sites (tertiary alicyclic amines) is 1. The molecule has 1 aromatic heterocycles. The van der Waals surface area contributed by atoms with Gasteiger partial charge in [0.05, 0.1) is 23.7 Å². The SMILES string of the molecule is C=C(C1=C(F)C2N=C(N3CCC(C)C3CCCCCC)NC=C2C2=C1COC2)c1c(/C(F)=C\C)sc(N)c1C#N. The van der Waals surface area contributed by atoms with Crippen LogP contribution >= 0.6 is 11.3 Å². The Balaban J connectivity index is 1.54. The summed E-state index contributed by atoms with van der Waals surface area (Å²) in [5, 5.41) is 13.4. The van der Waals surface area contributed by atoms with E-state index in [4.69, 9.17) is 15.5 Å². The van der Waals surface area contributed by atoms with Gasteiger partial charge in [-0.05, 0) is 42.4 Å². The fraction of sp³-hybridized carbons (Fsp3) is 0.484. The molecule has 0 radical (unpaired) electrons. The summed E-state index contributed by atoms with van der Waals surface area (Å²) in [4.78, 5) is 7.41. The first-order valence-corrected chi connectivity index (χ1v) is 15.0. The van der Waals surface area contributed by atoms with Crippen LogP contribution in [0.4, 0.5) is 13.8 Å². The van der Waals surface area contributed by atoms with Gasteiger partial charge in [0.2, 0.25) is 0 Å². The minimum Gasteiger partial charge on any atom is -0.389 e. The highest BCUT2D eigenvalue weighted by Gasteiger charge is 2.42. The zero-order chi connectivity index (χ0) is 28.6. The number of allylic oxidation sites excluding steroid dienone is 2. The largest absolute Gasteiger partial charge is 0.389 e. The van der Waals surface area contributed by atoms with E-state index in [1.807, 2.05) is 6.20 Å². The van der Waals surface area contributed by atoms with Gasteiger partial charge in [-0.15, -0.1) is 11.3 Å². The Bertz CT molecular complexity index is 1410. The number of nitriles is 1.